The molecule has 1 N–H and O–H groups in total. The number of likely N-dealkylation sites (tertiary alicyclic amines) is 1. The standard InChI is InChI=1S/C18H28N4O2.HI/c1-19-17(22-10-8-18(14-22)6-4-7-18)21-13-15-5-3-9-20-16(15)24-12-11-23-2;/h3,5,9H,4,6-8,10-14H2,1-2H3,(H,19,21);1H. The van der Waals surface area contributed by atoms with Gasteiger partial charge in [-0.25, -0.2) is 4.98 Å². The lowest BCUT2D eigenvalue weighted by Crippen LogP contribution is -2.42. The Morgan fingerprint density at radius 2 is 2.20 bits per heavy atom. The summed E-state index contributed by atoms with van der Waals surface area (Å²) in [7, 11) is 3.52. The number of pyridine rings is 1. The first-order chi connectivity index (χ1) is 11.8. The van der Waals surface area contributed by atoms with Crippen LogP contribution < -0.4 is 10.1 Å². The molecule has 1 aliphatic heterocycles. The minimum Gasteiger partial charge on any atom is -0.475 e. The van der Waals surface area contributed by atoms with Gasteiger partial charge >= 0.3 is 0 Å². The van der Waals surface area contributed by atoms with Crippen molar-refractivity contribution in [1.29, 1.82) is 0 Å². The third-order valence-electron chi connectivity index (χ3n) is 5.18. The van der Waals surface area contributed by atoms with Crippen molar-refractivity contribution < 1.29 is 9.47 Å². The highest BCUT2D eigenvalue weighted by Gasteiger charge is 2.43. The number of halogens is 1. The number of methoxy groups -OCH3 is 1. The molecule has 140 valence electrons. The van der Waals surface area contributed by atoms with Gasteiger partial charge in [-0.2, -0.15) is 0 Å². The first kappa shape index (κ1) is 20.2. The van der Waals surface area contributed by atoms with Crippen molar-refractivity contribution in [2.75, 3.05) is 40.5 Å². The second kappa shape index (κ2) is 9.56. The van der Waals surface area contributed by atoms with Gasteiger partial charge in [-0.1, -0.05) is 12.5 Å². The molecule has 0 amide bonds. The average Bonchev–Trinajstić information content (AvgIpc) is 3.03. The lowest BCUT2D eigenvalue weighted by atomic mass is 9.68. The topological polar surface area (TPSA) is 59.0 Å². The average molecular weight is 460 g/mol. The molecule has 2 heterocycles. The van der Waals surface area contributed by atoms with Crippen LogP contribution in [0.2, 0.25) is 0 Å². The van der Waals surface area contributed by atoms with Gasteiger partial charge in [0.05, 0.1) is 6.61 Å². The zero-order chi connectivity index (χ0) is 16.8. The van der Waals surface area contributed by atoms with Crippen LogP contribution in [0.4, 0.5) is 0 Å². The molecule has 3 rings (SSSR count). The molecule has 6 nitrogen and oxygen atoms in total. The van der Waals surface area contributed by atoms with Crippen molar-refractivity contribution in [3.05, 3.63) is 23.9 Å². The molecule has 1 aromatic heterocycles. The Labute approximate surface area is 167 Å². The highest BCUT2D eigenvalue weighted by molar-refractivity contribution is 14.0. The third kappa shape index (κ3) is 4.97. The van der Waals surface area contributed by atoms with Crippen molar-refractivity contribution in [2.24, 2.45) is 10.4 Å². The van der Waals surface area contributed by atoms with E-state index in [1.54, 1.807) is 13.3 Å². The van der Waals surface area contributed by atoms with E-state index < -0.39 is 0 Å². The molecule has 0 aromatic carbocycles. The SMILES string of the molecule is CN=C(NCc1cccnc1OCCOC)N1CCC2(CCC2)C1.I. The zero-order valence-electron chi connectivity index (χ0n) is 15.2. The van der Waals surface area contributed by atoms with Crippen molar-refractivity contribution in [3.63, 3.8) is 0 Å². The molecular weight excluding hydrogens is 431 g/mol. The molecule has 0 unspecified atom stereocenters. The van der Waals surface area contributed by atoms with Crippen LogP contribution in [0.5, 0.6) is 5.88 Å². The van der Waals surface area contributed by atoms with Gasteiger partial charge in [-0.3, -0.25) is 4.99 Å². The third-order valence-corrected chi connectivity index (χ3v) is 5.18. The number of rotatable bonds is 6. The summed E-state index contributed by atoms with van der Waals surface area (Å²) in [6.07, 6.45) is 7.19. The number of hydrogen-bond acceptors (Lipinski definition) is 4. The lowest BCUT2D eigenvalue weighted by molar-refractivity contribution is 0.143. The highest BCUT2D eigenvalue weighted by Crippen LogP contribution is 2.47. The largest absolute Gasteiger partial charge is 0.475 e. The molecule has 1 spiro atoms. The molecular formula is C18H29IN4O2. The minimum absolute atomic E-state index is 0. The fourth-order valence-electron chi connectivity index (χ4n) is 3.62. The maximum Gasteiger partial charge on any atom is 0.218 e. The quantitative estimate of drug-likeness (QED) is 0.306. The monoisotopic (exact) mass is 460 g/mol. The normalized spacial score (nSPS) is 18.6. The molecule has 1 aromatic rings. The number of guanidine groups is 1. The fourth-order valence-corrected chi connectivity index (χ4v) is 3.62. The summed E-state index contributed by atoms with van der Waals surface area (Å²) < 4.78 is 10.7. The number of aliphatic imine (C=N–C) groups is 1. The van der Waals surface area contributed by atoms with Crippen LogP contribution in [0.1, 0.15) is 31.2 Å². The van der Waals surface area contributed by atoms with Crippen molar-refractivity contribution >= 4 is 29.9 Å². The summed E-state index contributed by atoms with van der Waals surface area (Å²) in [4.78, 5) is 11.2. The smallest absolute Gasteiger partial charge is 0.218 e. The molecule has 0 atom stereocenters. The van der Waals surface area contributed by atoms with Gasteiger partial charge < -0.3 is 19.7 Å². The Balaban J connectivity index is 0.00000225. The van der Waals surface area contributed by atoms with Crippen molar-refractivity contribution in [3.8, 4) is 5.88 Å². The molecule has 25 heavy (non-hydrogen) atoms. The van der Waals surface area contributed by atoms with E-state index >= 15 is 0 Å². The van der Waals surface area contributed by atoms with Crippen LogP contribution in [0.25, 0.3) is 0 Å². The van der Waals surface area contributed by atoms with Crippen molar-refractivity contribution in [2.45, 2.75) is 32.2 Å². The summed E-state index contributed by atoms with van der Waals surface area (Å²) in [5.74, 6) is 1.64. The Morgan fingerprint density at radius 3 is 2.84 bits per heavy atom. The Hall–Kier alpha value is -1.09. The second-order valence-electron chi connectivity index (χ2n) is 6.73. The Bertz CT molecular complexity index is 578. The predicted molar refractivity (Wildman–Crippen MR) is 110 cm³/mol. The molecule has 0 radical (unpaired) electrons. The van der Waals surface area contributed by atoms with Crippen LogP contribution >= 0.6 is 24.0 Å². The van der Waals surface area contributed by atoms with Gasteiger partial charge in [0.25, 0.3) is 0 Å². The van der Waals surface area contributed by atoms with Gasteiger partial charge in [0.1, 0.15) is 6.61 Å². The minimum atomic E-state index is 0. The first-order valence-corrected chi connectivity index (χ1v) is 8.78. The van der Waals surface area contributed by atoms with E-state index in [0.717, 1.165) is 24.6 Å². The van der Waals surface area contributed by atoms with E-state index in [1.807, 2.05) is 19.2 Å². The number of nitrogens with zero attached hydrogens (tertiary/aromatic N) is 3. The van der Waals surface area contributed by atoms with Crippen LogP contribution in [-0.4, -0.2) is 56.3 Å². The number of ether oxygens (including phenoxy) is 2. The van der Waals surface area contributed by atoms with E-state index in [0.29, 0.717) is 31.1 Å². The highest BCUT2D eigenvalue weighted by atomic mass is 127. The van der Waals surface area contributed by atoms with Gasteiger partial charge in [0.2, 0.25) is 5.88 Å². The number of hydrogen-bond donors (Lipinski definition) is 1. The van der Waals surface area contributed by atoms with E-state index in [-0.39, 0.29) is 24.0 Å². The van der Waals surface area contributed by atoms with Gasteiger partial charge in [-0.05, 0) is 30.7 Å². The molecule has 2 aliphatic rings. The second-order valence-corrected chi connectivity index (χ2v) is 6.73. The van der Waals surface area contributed by atoms with Crippen LogP contribution in [0.15, 0.2) is 23.3 Å². The molecule has 1 saturated heterocycles. The molecule has 2 fully saturated rings. The summed E-state index contributed by atoms with van der Waals surface area (Å²) in [5, 5.41) is 3.47. The summed E-state index contributed by atoms with van der Waals surface area (Å²) in [6.45, 7) is 3.96. The van der Waals surface area contributed by atoms with E-state index in [1.165, 1.54) is 25.7 Å². The van der Waals surface area contributed by atoms with E-state index in [9.17, 15) is 0 Å². The van der Waals surface area contributed by atoms with Crippen LogP contribution in [-0.2, 0) is 11.3 Å². The molecule has 0 bridgehead atoms. The number of nitrogens with one attached hydrogen (secondary N) is 1. The maximum absolute atomic E-state index is 5.70. The Kier molecular flexibility index (Phi) is 7.74. The van der Waals surface area contributed by atoms with Gasteiger partial charge in [-0.15, -0.1) is 24.0 Å². The van der Waals surface area contributed by atoms with Gasteiger partial charge in [0, 0.05) is 45.6 Å². The number of aromatic nitrogens is 1. The van der Waals surface area contributed by atoms with Crippen LogP contribution in [0, 0.1) is 5.41 Å². The zero-order valence-corrected chi connectivity index (χ0v) is 17.5. The van der Waals surface area contributed by atoms with Crippen LogP contribution in [0.3, 0.4) is 0 Å². The summed E-state index contributed by atoms with van der Waals surface area (Å²) in [6, 6.07) is 3.97. The first-order valence-electron chi connectivity index (χ1n) is 8.78. The summed E-state index contributed by atoms with van der Waals surface area (Å²) >= 11 is 0. The van der Waals surface area contributed by atoms with E-state index in [4.69, 9.17) is 9.47 Å². The molecule has 1 aliphatic carbocycles. The molecule has 1 saturated carbocycles. The van der Waals surface area contributed by atoms with Crippen molar-refractivity contribution in [1.82, 2.24) is 15.2 Å². The van der Waals surface area contributed by atoms with Gasteiger partial charge in [0.15, 0.2) is 5.96 Å². The maximum atomic E-state index is 5.70. The predicted octanol–water partition coefficient (Wildman–Crippen LogP) is 2.68. The lowest BCUT2D eigenvalue weighted by Gasteiger charge is -2.38. The molecule has 7 heteroatoms. The van der Waals surface area contributed by atoms with E-state index in [2.05, 4.69) is 20.2 Å². The fraction of sp³-hybridized carbons (Fsp3) is 0.667. The Morgan fingerprint density at radius 1 is 1.36 bits per heavy atom. The summed E-state index contributed by atoms with van der Waals surface area (Å²) in [5.41, 5.74) is 1.60.